The van der Waals surface area contributed by atoms with Gasteiger partial charge < -0.3 is 5.32 Å². The molecule has 0 aromatic heterocycles. The normalized spacial score (nSPS) is 12.9. The molecule has 0 saturated heterocycles. The summed E-state index contributed by atoms with van der Waals surface area (Å²) in [6.07, 6.45) is -3.16. The topological polar surface area (TPSA) is 29.1 Å². The number of nitrogens with one attached hydrogen (secondary N) is 1. The van der Waals surface area contributed by atoms with E-state index in [0.717, 1.165) is 0 Å². The molecule has 5 heteroatoms. The predicted octanol–water partition coefficient (Wildman–Crippen LogP) is 2.98. The Hall–Kier alpha value is -1.78. The fourth-order valence-corrected chi connectivity index (χ4v) is 1.37. The van der Waals surface area contributed by atoms with Crippen LogP contribution in [0.4, 0.5) is 13.2 Å². The summed E-state index contributed by atoms with van der Waals surface area (Å²) in [5.41, 5.74) is 0.616. The number of benzene rings is 1. The van der Waals surface area contributed by atoms with Crippen molar-refractivity contribution in [1.29, 1.82) is 0 Å². The molecule has 1 atom stereocenters. The van der Waals surface area contributed by atoms with E-state index in [-0.39, 0.29) is 6.42 Å². The minimum Gasteiger partial charge on any atom is -0.341 e. The quantitative estimate of drug-likeness (QED) is 0.809. The molecule has 0 fully saturated rings. The second-order valence-electron chi connectivity index (χ2n) is 3.46. The highest BCUT2D eigenvalue weighted by atomic mass is 19.4. The van der Waals surface area contributed by atoms with Crippen molar-refractivity contribution >= 4 is 5.91 Å². The Morgan fingerprint density at radius 1 is 1.35 bits per heavy atom. The van der Waals surface area contributed by atoms with Gasteiger partial charge in [-0.1, -0.05) is 36.4 Å². The summed E-state index contributed by atoms with van der Waals surface area (Å²) in [5.74, 6) is -1.94. The molecular weight excluding hydrogens is 231 g/mol. The summed E-state index contributed by atoms with van der Waals surface area (Å²) in [4.78, 5) is 10.9. The van der Waals surface area contributed by atoms with E-state index in [4.69, 9.17) is 0 Å². The maximum atomic E-state index is 12.1. The van der Waals surface area contributed by atoms with Gasteiger partial charge in [0, 0.05) is 0 Å². The van der Waals surface area contributed by atoms with Crippen LogP contribution in [0.25, 0.3) is 0 Å². The van der Waals surface area contributed by atoms with Crippen molar-refractivity contribution in [3.8, 4) is 0 Å². The Balaban J connectivity index is 2.81. The first-order chi connectivity index (χ1) is 7.95. The first-order valence-corrected chi connectivity index (χ1v) is 4.98. The van der Waals surface area contributed by atoms with Crippen molar-refractivity contribution in [2.75, 3.05) is 0 Å². The molecule has 1 N–H and O–H groups in total. The molecule has 92 valence electrons. The molecule has 17 heavy (non-hydrogen) atoms. The fourth-order valence-electron chi connectivity index (χ4n) is 1.37. The molecule has 0 bridgehead atoms. The van der Waals surface area contributed by atoms with Crippen LogP contribution >= 0.6 is 0 Å². The zero-order chi connectivity index (χ0) is 12.9. The van der Waals surface area contributed by atoms with E-state index in [1.54, 1.807) is 30.3 Å². The van der Waals surface area contributed by atoms with Crippen molar-refractivity contribution in [2.45, 2.75) is 18.6 Å². The summed E-state index contributed by atoms with van der Waals surface area (Å²) >= 11 is 0. The van der Waals surface area contributed by atoms with Crippen molar-refractivity contribution in [2.24, 2.45) is 0 Å². The van der Waals surface area contributed by atoms with E-state index in [1.807, 2.05) is 5.32 Å². The maximum absolute atomic E-state index is 12.1. The first-order valence-electron chi connectivity index (χ1n) is 4.98. The maximum Gasteiger partial charge on any atom is 0.471 e. The molecule has 0 aliphatic carbocycles. The molecule has 1 aromatic carbocycles. The van der Waals surface area contributed by atoms with Gasteiger partial charge in [-0.25, -0.2) is 0 Å². The Kier molecular flexibility index (Phi) is 4.31. The zero-order valence-electron chi connectivity index (χ0n) is 9.00. The van der Waals surface area contributed by atoms with Crippen LogP contribution in [0.3, 0.4) is 0 Å². The number of rotatable bonds is 4. The number of alkyl halides is 3. The van der Waals surface area contributed by atoms with Crippen LogP contribution in [0.2, 0.25) is 0 Å². The third kappa shape index (κ3) is 3.94. The molecule has 1 rings (SSSR count). The molecule has 0 aliphatic rings. The SMILES string of the molecule is C=CC[C@H](NC(=O)C(F)(F)F)c1ccccc1. The van der Waals surface area contributed by atoms with E-state index in [0.29, 0.717) is 5.56 Å². The number of carbonyl (C=O) groups is 1. The standard InChI is InChI=1S/C12H12F3NO/c1-2-6-10(9-7-4-3-5-8-9)16-11(17)12(13,14)15/h2-5,7-8,10H,1,6H2,(H,16,17)/t10-/m0/s1. The number of hydrogen-bond donors (Lipinski definition) is 1. The smallest absolute Gasteiger partial charge is 0.341 e. The predicted molar refractivity (Wildman–Crippen MR) is 58.2 cm³/mol. The number of halogens is 3. The molecule has 1 aromatic rings. The van der Waals surface area contributed by atoms with Crippen LogP contribution in [0.15, 0.2) is 43.0 Å². The van der Waals surface area contributed by atoms with Crippen LogP contribution in [0.5, 0.6) is 0 Å². The highest BCUT2D eigenvalue weighted by molar-refractivity contribution is 5.82. The minimum absolute atomic E-state index is 0.242. The van der Waals surface area contributed by atoms with E-state index in [1.165, 1.54) is 6.08 Å². The van der Waals surface area contributed by atoms with Gasteiger partial charge >= 0.3 is 12.1 Å². The highest BCUT2D eigenvalue weighted by Crippen LogP contribution is 2.21. The van der Waals surface area contributed by atoms with Crippen LogP contribution in [0.1, 0.15) is 18.0 Å². The Morgan fingerprint density at radius 2 is 1.94 bits per heavy atom. The van der Waals surface area contributed by atoms with E-state index in [2.05, 4.69) is 6.58 Å². The monoisotopic (exact) mass is 243 g/mol. The molecule has 0 unspecified atom stereocenters. The molecular formula is C12H12F3NO. The van der Waals surface area contributed by atoms with Gasteiger partial charge in [-0.2, -0.15) is 13.2 Å². The summed E-state index contributed by atoms with van der Waals surface area (Å²) in [6.45, 7) is 3.46. The van der Waals surface area contributed by atoms with Crippen molar-refractivity contribution in [3.05, 3.63) is 48.6 Å². The number of amides is 1. The average molecular weight is 243 g/mol. The third-order valence-electron chi connectivity index (χ3n) is 2.17. The lowest BCUT2D eigenvalue weighted by molar-refractivity contribution is -0.174. The van der Waals surface area contributed by atoms with Gasteiger partial charge in [0.25, 0.3) is 0 Å². The van der Waals surface area contributed by atoms with Gasteiger partial charge in [-0.3, -0.25) is 4.79 Å². The summed E-state index contributed by atoms with van der Waals surface area (Å²) in [6, 6.07) is 7.76. The van der Waals surface area contributed by atoms with Crippen LogP contribution in [0, 0.1) is 0 Å². The lowest BCUT2D eigenvalue weighted by atomic mass is 10.0. The lowest BCUT2D eigenvalue weighted by Crippen LogP contribution is -2.39. The first kappa shape index (κ1) is 13.3. The van der Waals surface area contributed by atoms with Gasteiger partial charge in [0.1, 0.15) is 0 Å². The van der Waals surface area contributed by atoms with Gasteiger partial charge in [0.15, 0.2) is 0 Å². The Bertz CT molecular complexity index is 386. The zero-order valence-corrected chi connectivity index (χ0v) is 9.00. The largest absolute Gasteiger partial charge is 0.471 e. The van der Waals surface area contributed by atoms with Crippen molar-refractivity contribution in [3.63, 3.8) is 0 Å². The fraction of sp³-hybridized carbons (Fsp3) is 0.250. The molecule has 0 heterocycles. The third-order valence-corrected chi connectivity index (χ3v) is 2.17. The Morgan fingerprint density at radius 3 is 2.41 bits per heavy atom. The van der Waals surface area contributed by atoms with Crippen LogP contribution < -0.4 is 5.32 Å². The highest BCUT2D eigenvalue weighted by Gasteiger charge is 2.39. The minimum atomic E-state index is -4.87. The number of carbonyl (C=O) groups excluding carboxylic acids is 1. The van der Waals surface area contributed by atoms with Gasteiger partial charge in [-0.05, 0) is 12.0 Å². The molecule has 0 aliphatic heterocycles. The summed E-state index contributed by atoms with van der Waals surface area (Å²) < 4.78 is 36.4. The molecule has 2 nitrogen and oxygen atoms in total. The van der Waals surface area contributed by atoms with E-state index < -0.39 is 18.1 Å². The van der Waals surface area contributed by atoms with Crippen molar-refractivity contribution < 1.29 is 18.0 Å². The Labute approximate surface area is 97.1 Å². The van der Waals surface area contributed by atoms with E-state index in [9.17, 15) is 18.0 Å². The molecule has 0 spiro atoms. The van der Waals surface area contributed by atoms with Crippen LogP contribution in [-0.4, -0.2) is 12.1 Å². The van der Waals surface area contributed by atoms with Gasteiger partial charge in [-0.15, -0.1) is 6.58 Å². The second-order valence-corrected chi connectivity index (χ2v) is 3.46. The summed E-state index contributed by atoms with van der Waals surface area (Å²) in [7, 11) is 0. The lowest BCUT2D eigenvalue weighted by Gasteiger charge is -2.18. The number of hydrogen-bond acceptors (Lipinski definition) is 1. The molecule has 0 saturated carbocycles. The summed E-state index contributed by atoms with van der Waals surface area (Å²) in [5, 5.41) is 1.94. The van der Waals surface area contributed by atoms with Crippen LogP contribution in [-0.2, 0) is 4.79 Å². The van der Waals surface area contributed by atoms with Crippen molar-refractivity contribution in [1.82, 2.24) is 5.32 Å². The second kappa shape index (κ2) is 5.52. The average Bonchev–Trinajstić information content (AvgIpc) is 2.28. The molecule has 1 amide bonds. The molecule has 0 radical (unpaired) electrons. The van der Waals surface area contributed by atoms with Gasteiger partial charge in [0.2, 0.25) is 0 Å². The van der Waals surface area contributed by atoms with Gasteiger partial charge in [0.05, 0.1) is 6.04 Å². The van der Waals surface area contributed by atoms with E-state index >= 15 is 0 Å².